The van der Waals surface area contributed by atoms with Gasteiger partial charge in [-0.25, -0.2) is 4.79 Å². The summed E-state index contributed by atoms with van der Waals surface area (Å²) < 4.78 is 7.01. The third-order valence-corrected chi connectivity index (χ3v) is 5.66. The average Bonchev–Trinajstić information content (AvgIpc) is 3.37. The second kappa shape index (κ2) is 9.15. The molecule has 0 saturated heterocycles. The van der Waals surface area contributed by atoms with Crippen molar-refractivity contribution >= 4 is 18.0 Å². The van der Waals surface area contributed by atoms with E-state index in [-0.39, 0.29) is 12.5 Å². The van der Waals surface area contributed by atoms with Crippen LogP contribution in [0.1, 0.15) is 35.6 Å². The fourth-order valence-corrected chi connectivity index (χ4v) is 4.01. The van der Waals surface area contributed by atoms with Gasteiger partial charge >= 0.3 is 12.1 Å². The number of rotatable bonds is 7. The van der Waals surface area contributed by atoms with Gasteiger partial charge in [-0.2, -0.15) is 5.10 Å². The maximum atomic E-state index is 12.7. The van der Waals surface area contributed by atoms with Crippen LogP contribution in [0.3, 0.4) is 0 Å². The van der Waals surface area contributed by atoms with Gasteiger partial charge in [0.25, 0.3) is 0 Å². The maximum Gasteiger partial charge on any atom is 0.408 e. The van der Waals surface area contributed by atoms with E-state index in [1.165, 1.54) is 17.8 Å². The predicted octanol–water partition coefficient (Wildman–Crippen LogP) is 2.59. The lowest BCUT2D eigenvalue weighted by Crippen LogP contribution is -2.46. The highest BCUT2D eigenvalue weighted by Crippen LogP contribution is 2.44. The number of alkyl carbamates (subject to hydrolysis) is 1. The number of carbonyl (C=O) groups is 3. The molecule has 3 aromatic rings. The van der Waals surface area contributed by atoms with Gasteiger partial charge in [0.2, 0.25) is 5.91 Å². The topological polar surface area (TPSA) is 123 Å². The number of nitrogens with zero attached hydrogens (tertiary/aromatic N) is 2. The molecule has 1 aromatic heterocycles. The molecule has 170 valence electrons. The molecule has 1 aliphatic rings. The van der Waals surface area contributed by atoms with E-state index in [4.69, 9.17) is 9.84 Å². The third kappa shape index (κ3) is 4.57. The molecule has 0 aliphatic heterocycles. The number of nitrogens with one attached hydrogen (secondary N) is 2. The number of hydrogen-bond donors (Lipinski definition) is 3. The van der Waals surface area contributed by atoms with Crippen molar-refractivity contribution in [2.24, 2.45) is 7.05 Å². The van der Waals surface area contributed by atoms with Crippen LogP contribution in [0.4, 0.5) is 4.79 Å². The molecule has 0 bridgehead atoms. The number of benzene rings is 2. The lowest BCUT2D eigenvalue weighted by Gasteiger charge is -2.20. The quantitative estimate of drug-likeness (QED) is 0.511. The molecular weight excluding hydrogens is 424 g/mol. The molecular formula is C24H24N4O5. The number of aryl methyl sites for hydroxylation is 1. The number of aromatic nitrogens is 2. The minimum Gasteiger partial charge on any atom is -0.480 e. The largest absolute Gasteiger partial charge is 0.480 e. The molecule has 9 nitrogen and oxygen atoms in total. The molecule has 0 spiro atoms. The van der Waals surface area contributed by atoms with Crippen LogP contribution in [0, 0.1) is 0 Å². The molecule has 1 aliphatic carbocycles. The molecule has 2 amide bonds. The van der Waals surface area contributed by atoms with E-state index in [1.807, 2.05) is 48.5 Å². The summed E-state index contributed by atoms with van der Waals surface area (Å²) in [5.41, 5.74) is 4.77. The first-order chi connectivity index (χ1) is 15.8. The van der Waals surface area contributed by atoms with Crippen molar-refractivity contribution < 1.29 is 24.2 Å². The zero-order valence-electron chi connectivity index (χ0n) is 18.2. The van der Waals surface area contributed by atoms with E-state index < -0.39 is 30.1 Å². The molecule has 2 atom stereocenters. The molecule has 3 N–H and O–H groups in total. The van der Waals surface area contributed by atoms with E-state index >= 15 is 0 Å². The Kier molecular flexibility index (Phi) is 6.12. The number of carbonyl (C=O) groups excluding carboxylic acids is 2. The number of hydrogen-bond acceptors (Lipinski definition) is 5. The zero-order chi connectivity index (χ0) is 23.5. The summed E-state index contributed by atoms with van der Waals surface area (Å²) in [6.45, 7) is 1.43. The lowest BCUT2D eigenvalue weighted by atomic mass is 9.98. The van der Waals surface area contributed by atoms with Gasteiger partial charge in [-0.05, 0) is 29.2 Å². The molecule has 33 heavy (non-hydrogen) atoms. The van der Waals surface area contributed by atoms with Gasteiger partial charge in [0.15, 0.2) is 0 Å². The Balaban J connectivity index is 1.48. The van der Waals surface area contributed by atoms with Crippen LogP contribution < -0.4 is 10.6 Å². The van der Waals surface area contributed by atoms with Crippen molar-refractivity contribution in [3.8, 4) is 11.1 Å². The highest BCUT2D eigenvalue weighted by Gasteiger charge is 2.31. The number of carboxylic acids is 1. The summed E-state index contributed by atoms with van der Waals surface area (Å²) in [5, 5.41) is 18.0. The summed E-state index contributed by atoms with van der Waals surface area (Å²) in [6.07, 6.45) is 2.21. The molecule has 1 heterocycles. The molecule has 0 radical (unpaired) electrons. The second-order valence-corrected chi connectivity index (χ2v) is 7.92. The van der Waals surface area contributed by atoms with Crippen molar-refractivity contribution in [3.63, 3.8) is 0 Å². The van der Waals surface area contributed by atoms with Crippen molar-refractivity contribution in [1.29, 1.82) is 0 Å². The normalized spacial score (nSPS) is 14.0. The number of fused-ring (bicyclic) bond motifs is 3. The van der Waals surface area contributed by atoms with E-state index in [0.717, 1.165) is 22.3 Å². The summed E-state index contributed by atoms with van der Waals surface area (Å²) >= 11 is 0. The van der Waals surface area contributed by atoms with Crippen LogP contribution in [0.5, 0.6) is 0 Å². The second-order valence-electron chi connectivity index (χ2n) is 7.92. The van der Waals surface area contributed by atoms with Gasteiger partial charge in [-0.3, -0.25) is 14.3 Å². The van der Waals surface area contributed by atoms with Crippen LogP contribution in [0.25, 0.3) is 11.1 Å². The van der Waals surface area contributed by atoms with Crippen LogP contribution in [0.15, 0.2) is 60.9 Å². The molecule has 9 heteroatoms. The number of carboxylic acid groups (broad SMARTS) is 1. The highest BCUT2D eigenvalue weighted by molar-refractivity contribution is 5.90. The number of ether oxygens (including phenoxy) is 1. The summed E-state index contributed by atoms with van der Waals surface area (Å²) in [4.78, 5) is 36.5. The van der Waals surface area contributed by atoms with Gasteiger partial charge in [-0.15, -0.1) is 0 Å². The van der Waals surface area contributed by atoms with Crippen LogP contribution in [-0.4, -0.2) is 45.5 Å². The van der Waals surface area contributed by atoms with Gasteiger partial charge in [0.1, 0.15) is 18.7 Å². The Bertz CT molecular complexity index is 1160. The SMILES string of the molecule is C[C@@H](NC(=O)C(NC(=O)OCC1c2ccccc2-c2ccccc21)c1cnn(C)c1)C(=O)O. The maximum absolute atomic E-state index is 12.7. The van der Waals surface area contributed by atoms with Gasteiger partial charge in [0.05, 0.1) is 6.20 Å². The molecule has 1 unspecified atom stereocenters. The minimum absolute atomic E-state index is 0.0900. The van der Waals surface area contributed by atoms with Gasteiger partial charge in [-0.1, -0.05) is 48.5 Å². The summed E-state index contributed by atoms with van der Waals surface area (Å²) in [7, 11) is 1.67. The first-order valence-corrected chi connectivity index (χ1v) is 10.5. The standard InChI is InChI=1S/C24H24N4O5/c1-14(23(30)31)26-22(29)21(15-11-25-28(2)12-15)27-24(32)33-13-20-18-9-5-3-7-16(18)17-8-4-6-10-19(17)20/h3-12,14,20-21H,13H2,1-2H3,(H,26,29)(H,27,32)(H,30,31)/t14-,21?/m1/s1. The smallest absolute Gasteiger partial charge is 0.408 e. The predicted molar refractivity (Wildman–Crippen MR) is 119 cm³/mol. The Morgan fingerprint density at radius 1 is 1.06 bits per heavy atom. The zero-order valence-corrected chi connectivity index (χ0v) is 18.2. The van der Waals surface area contributed by atoms with E-state index in [9.17, 15) is 14.4 Å². The molecule has 2 aromatic carbocycles. The van der Waals surface area contributed by atoms with Crippen molar-refractivity contribution in [2.75, 3.05) is 6.61 Å². The summed E-state index contributed by atoms with van der Waals surface area (Å²) in [5.74, 6) is -1.98. The molecule has 0 saturated carbocycles. The van der Waals surface area contributed by atoms with Gasteiger partial charge in [0, 0.05) is 24.7 Å². The van der Waals surface area contributed by atoms with Crippen LogP contribution in [-0.2, 0) is 21.4 Å². The van der Waals surface area contributed by atoms with Crippen LogP contribution in [0.2, 0.25) is 0 Å². The first kappa shape index (κ1) is 22.1. The Morgan fingerprint density at radius 3 is 2.21 bits per heavy atom. The minimum atomic E-state index is -1.19. The average molecular weight is 448 g/mol. The lowest BCUT2D eigenvalue weighted by molar-refractivity contribution is -0.141. The molecule has 0 fully saturated rings. The Labute approximate surface area is 190 Å². The van der Waals surface area contributed by atoms with Gasteiger partial charge < -0.3 is 20.5 Å². The third-order valence-electron chi connectivity index (χ3n) is 5.66. The summed E-state index contributed by atoms with van der Waals surface area (Å²) in [6, 6.07) is 13.7. The van der Waals surface area contributed by atoms with Crippen molar-refractivity contribution in [1.82, 2.24) is 20.4 Å². The van der Waals surface area contributed by atoms with E-state index in [0.29, 0.717) is 5.56 Å². The Morgan fingerprint density at radius 2 is 1.67 bits per heavy atom. The van der Waals surface area contributed by atoms with Crippen LogP contribution >= 0.6 is 0 Å². The monoisotopic (exact) mass is 448 g/mol. The van der Waals surface area contributed by atoms with E-state index in [2.05, 4.69) is 15.7 Å². The first-order valence-electron chi connectivity index (χ1n) is 10.5. The van der Waals surface area contributed by atoms with Crippen molar-refractivity contribution in [2.45, 2.75) is 24.9 Å². The Hall–Kier alpha value is -4.14. The van der Waals surface area contributed by atoms with E-state index in [1.54, 1.807) is 13.2 Å². The fraction of sp³-hybridized carbons (Fsp3) is 0.250. The number of amides is 2. The molecule has 4 rings (SSSR count). The fourth-order valence-electron chi connectivity index (χ4n) is 4.01. The number of aliphatic carboxylic acids is 1. The highest BCUT2D eigenvalue weighted by atomic mass is 16.5. The van der Waals surface area contributed by atoms with Crippen molar-refractivity contribution in [3.05, 3.63) is 77.6 Å².